The third-order valence-corrected chi connectivity index (χ3v) is 2.21. The van der Waals surface area contributed by atoms with Crippen LogP contribution in [0.2, 0.25) is 0 Å². The topological polar surface area (TPSA) is 60.9 Å². The first kappa shape index (κ1) is 10.6. The van der Waals surface area contributed by atoms with E-state index < -0.39 is 5.82 Å². The first-order valence-electron chi connectivity index (χ1n) is 4.91. The van der Waals surface area contributed by atoms with Gasteiger partial charge in [-0.1, -0.05) is 6.07 Å². The van der Waals surface area contributed by atoms with Gasteiger partial charge in [0.15, 0.2) is 11.6 Å². The standard InChI is InChI=1S/C11H12FN3O/c12-10-3-8(1-2-11(10)16)4-13-5-9-6-14-7-15-9/h1-3,6-7,13,16H,4-5H2,(H,14,15). The number of phenolic OH excluding ortho intramolecular Hbond substituents is 1. The molecule has 0 unspecified atom stereocenters. The van der Waals surface area contributed by atoms with Gasteiger partial charge < -0.3 is 15.4 Å². The Balaban J connectivity index is 1.87. The summed E-state index contributed by atoms with van der Waals surface area (Å²) >= 11 is 0. The molecular weight excluding hydrogens is 209 g/mol. The summed E-state index contributed by atoms with van der Waals surface area (Å²) in [6.45, 7) is 1.18. The highest BCUT2D eigenvalue weighted by Crippen LogP contribution is 2.15. The molecule has 1 aromatic carbocycles. The van der Waals surface area contributed by atoms with Crippen LogP contribution in [0.25, 0.3) is 0 Å². The second kappa shape index (κ2) is 4.76. The summed E-state index contributed by atoms with van der Waals surface area (Å²) in [4.78, 5) is 6.84. The van der Waals surface area contributed by atoms with Gasteiger partial charge in [0.25, 0.3) is 0 Å². The van der Waals surface area contributed by atoms with Crippen molar-refractivity contribution in [2.24, 2.45) is 0 Å². The van der Waals surface area contributed by atoms with Gasteiger partial charge >= 0.3 is 0 Å². The summed E-state index contributed by atoms with van der Waals surface area (Å²) in [6, 6.07) is 4.34. The number of nitrogens with zero attached hydrogens (tertiary/aromatic N) is 1. The van der Waals surface area contributed by atoms with E-state index in [-0.39, 0.29) is 5.75 Å². The van der Waals surface area contributed by atoms with Crippen LogP contribution in [-0.4, -0.2) is 15.1 Å². The number of imidazole rings is 1. The lowest BCUT2D eigenvalue weighted by Crippen LogP contribution is -2.12. The first-order chi connectivity index (χ1) is 7.75. The summed E-state index contributed by atoms with van der Waals surface area (Å²) in [5, 5.41) is 12.1. The van der Waals surface area contributed by atoms with Crippen LogP contribution < -0.4 is 5.32 Å². The van der Waals surface area contributed by atoms with Crippen LogP contribution in [0.4, 0.5) is 4.39 Å². The number of aromatic hydroxyl groups is 1. The smallest absolute Gasteiger partial charge is 0.165 e. The molecule has 0 radical (unpaired) electrons. The van der Waals surface area contributed by atoms with E-state index in [2.05, 4.69) is 15.3 Å². The van der Waals surface area contributed by atoms with Crippen molar-refractivity contribution in [1.29, 1.82) is 0 Å². The molecule has 84 valence electrons. The molecule has 0 aliphatic rings. The number of halogens is 1. The molecule has 1 heterocycles. The molecule has 16 heavy (non-hydrogen) atoms. The van der Waals surface area contributed by atoms with Gasteiger partial charge in [0.2, 0.25) is 0 Å². The molecule has 3 N–H and O–H groups in total. The lowest BCUT2D eigenvalue weighted by atomic mass is 10.2. The average Bonchev–Trinajstić information content (AvgIpc) is 2.76. The van der Waals surface area contributed by atoms with Gasteiger partial charge in [-0.2, -0.15) is 0 Å². The second-order valence-corrected chi connectivity index (χ2v) is 3.47. The van der Waals surface area contributed by atoms with Gasteiger partial charge in [-0.3, -0.25) is 0 Å². The summed E-state index contributed by atoms with van der Waals surface area (Å²) in [5.41, 5.74) is 1.76. The third-order valence-electron chi connectivity index (χ3n) is 2.21. The Bertz CT molecular complexity index is 456. The molecule has 4 nitrogen and oxygen atoms in total. The van der Waals surface area contributed by atoms with Crippen LogP contribution in [0, 0.1) is 5.82 Å². The number of phenols is 1. The molecule has 0 saturated heterocycles. The van der Waals surface area contributed by atoms with Crippen molar-refractivity contribution in [3.63, 3.8) is 0 Å². The normalized spacial score (nSPS) is 10.6. The van der Waals surface area contributed by atoms with E-state index in [0.717, 1.165) is 11.3 Å². The van der Waals surface area contributed by atoms with Crippen LogP contribution in [-0.2, 0) is 13.1 Å². The second-order valence-electron chi connectivity index (χ2n) is 3.47. The maximum atomic E-state index is 13.0. The van der Waals surface area contributed by atoms with Crippen LogP contribution in [0.5, 0.6) is 5.75 Å². The minimum atomic E-state index is -0.596. The zero-order valence-corrected chi connectivity index (χ0v) is 8.57. The lowest BCUT2D eigenvalue weighted by molar-refractivity contribution is 0.431. The Labute approximate surface area is 92.2 Å². The van der Waals surface area contributed by atoms with Crippen molar-refractivity contribution in [3.8, 4) is 5.75 Å². The Morgan fingerprint density at radius 1 is 1.38 bits per heavy atom. The average molecular weight is 221 g/mol. The minimum Gasteiger partial charge on any atom is -0.505 e. The Hall–Kier alpha value is -1.88. The van der Waals surface area contributed by atoms with Crippen molar-refractivity contribution < 1.29 is 9.50 Å². The summed E-state index contributed by atoms with van der Waals surface area (Å²) in [7, 11) is 0. The number of benzene rings is 1. The zero-order chi connectivity index (χ0) is 11.4. The maximum Gasteiger partial charge on any atom is 0.165 e. The molecule has 0 amide bonds. The van der Waals surface area contributed by atoms with Gasteiger partial charge in [-0.05, 0) is 17.7 Å². The Kier molecular flexibility index (Phi) is 3.16. The Morgan fingerprint density at radius 2 is 2.25 bits per heavy atom. The van der Waals surface area contributed by atoms with E-state index in [1.807, 2.05) is 0 Å². The highest BCUT2D eigenvalue weighted by atomic mass is 19.1. The Morgan fingerprint density at radius 3 is 2.94 bits per heavy atom. The fraction of sp³-hybridized carbons (Fsp3) is 0.182. The quantitative estimate of drug-likeness (QED) is 0.734. The van der Waals surface area contributed by atoms with Crippen LogP contribution in [0.3, 0.4) is 0 Å². The fourth-order valence-electron chi connectivity index (χ4n) is 1.38. The molecule has 0 aliphatic carbocycles. The summed E-state index contributed by atoms with van der Waals surface area (Å²) < 4.78 is 13.0. The van der Waals surface area contributed by atoms with E-state index in [9.17, 15) is 4.39 Å². The number of hydrogen-bond donors (Lipinski definition) is 3. The summed E-state index contributed by atoms with van der Waals surface area (Å²) in [5.74, 6) is -0.918. The lowest BCUT2D eigenvalue weighted by Gasteiger charge is -2.04. The molecule has 2 rings (SSSR count). The van der Waals surface area contributed by atoms with Crippen molar-refractivity contribution in [3.05, 3.63) is 47.8 Å². The maximum absolute atomic E-state index is 13.0. The first-order valence-corrected chi connectivity index (χ1v) is 4.91. The molecule has 0 spiro atoms. The molecule has 0 saturated carbocycles. The summed E-state index contributed by atoms with van der Waals surface area (Å²) in [6.07, 6.45) is 3.33. The molecule has 0 atom stereocenters. The van der Waals surface area contributed by atoms with Crippen LogP contribution in [0.15, 0.2) is 30.7 Å². The molecule has 2 aromatic rings. The predicted octanol–water partition coefficient (Wildman–Crippen LogP) is 1.54. The molecule has 1 aromatic heterocycles. The molecule has 0 bridgehead atoms. The van der Waals surface area contributed by atoms with Gasteiger partial charge in [0.1, 0.15) is 0 Å². The van der Waals surface area contributed by atoms with E-state index in [1.54, 1.807) is 18.6 Å². The van der Waals surface area contributed by atoms with E-state index >= 15 is 0 Å². The van der Waals surface area contributed by atoms with Gasteiger partial charge in [0, 0.05) is 25.0 Å². The van der Waals surface area contributed by atoms with E-state index in [1.165, 1.54) is 12.1 Å². The largest absolute Gasteiger partial charge is 0.505 e. The van der Waals surface area contributed by atoms with Gasteiger partial charge in [-0.25, -0.2) is 9.37 Å². The number of aromatic nitrogens is 2. The molecular formula is C11H12FN3O. The van der Waals surface area contributed by atoms with Crippen LogP contribution >= 0.6 is 0 Å². The third kappa shape index (κ3) is 2.58. The van der Waals surface area contributed by atoms with Gasteiger partial charge in [0.05, 0.1) is 6.33 Å². The zero-order valence-electron chi connectivity index (χ0n) is 8.57. The molecule has 5 heteroatoms. The van der Waals surface area contributed by atoms with E-state index in [0.29, 0.717) is 13.1 Å². The van der Waals surface area contributed by atoms with Crippen molar-refractivity contribution in [2.75, 3.05) is 0 Å². The van der Waals surface area contributed by atoms with Crippen molar-refractivity contribution in [1.82, 2.24) is 15.3 Å². The highest BCUT2D eigenvalue weighted by molar-refractivity contribution is 5.27. The van der Waals surface area contributed by atoms with Gasteiger partial charge in [-0.15, -0.1) is 0 Å². The highest BCUT2D eigenvalue weighted by Gasteiger charge is 2.01. The monoisotopic (exact) mass is 221 g/mol. The number of H-pyrrole nitrogens is 1. The fourth-order valence-corrected chi connectivity index (χ4v) is 1.38. The minimum absolute atomic E-state index is 0.322. The number of nitrogens with one attached hydrogen (secondary N) is 2. The SMILES string of the molecule is Oc1ccc(CNCc2cnc[nH]2)cc1F. The van der Waals surface area contributed by atoms with Crippen LogP contribution in [0.1, 0.15) is 11.3 Å². The number of hydrogen-bond acceptors (Lipinski definition) is 3. The number of rotatable bonds is 4. The predicted molar refractivity (Wildman–Crippen MR) is 57.2 cm³/mol. The van der Waals surface area contributed by atoms with E-state index in [4.69, 9.17) is 5.11 Å². The van der Waals surface area contributed by atoms with Crippen molar-refractivity contribution >= 4 is 0 Å². The van der Waals surface area contributed by atoms with Crippen molar-refractivity contribution in [2.45, 2.75) is 13.1 Å². The molecule has 0 aliphatic heterocycles. The number of aromatic amines is 1. The molecule has 0 fully saturated rings.